The molecule has 2 heterocycles. The summed E-state index contributed by atoms with van der Waals surface area (Å²) in [5, 5.41) is 9.04. The molecule has 1 saturated heterocycles. The number of ether oxygens (including phenoxy) is 2. The van der Waals surface area contributed by atoms with Gasteiger partial charge in [-0.05, 0) is 56.1 Å². The molecule has 0 saturated carbocycles. The van der Waals surface area contributed by atoms with E-state index in [4.69, 9.17) is 14.6 Å². The number of benzene rings is 1. The number of nitrogens with zero attached hydrogens (tertiary/aromatic N) is 3. The van der Waals surface area contributed by atoms with E-state index in [-0.39, 0.29) is 5.56 Å². The van der Waals surface area contributed by atoms with Crippen LogP contribution in [-0.4, -0.2) is 67.9 Å². The second-order valence-electron chi connectivity index (χ2n) is 7.37. The number of methoxy groups -OCH3 is 2. The van der Waals surface area contributed by atoms with Crippen molar-refractivity contribution in [3.05, 3.63) is 47.7 Å². The van der Waals surface area contributed by atoms with Crippen LogP contribution < -0.4 is 14.4 Å². The lowest BCUT2D eigenvalue weighted by Crippen LogP contribution is -2.47. The van der Waals surface area contributed by atoms with E-state index in [2.05, 4.69) is 27.9 Å². The van der Waals surface area contributed by atoms with Crippen molar-refractivity contribution < 1.29 is 19.4 Å². The zero-order valence-electron chi connectivity index (χ0n) is 17.3. The molecule has 0 aliphatic carbocycles. The first-order valence-corrected chi connectivity index (χ1v) is 9.87. The van der Waals surface area contributed by atoms with Crippen LogP contribution in [0.5, 0.6) is 11.5 Å². The summed E-state index contributed by atoms with van der Waals surface area (Å²) < 4.78 is 10.7. The van der Waals surface area contributed by atoms with Gasteiger partial charge in [0.1, 0.15) is 5.82 Å². The molecule has 1 atom stereocenters. The Morgan fingerprint density at radius 2 is 2.03 bits per heavy atom. The highest BCUT2D eigenvalue weighted by atomic mass is 16.5. The maximum Gasteiger partial charge on any atom is 0.337 e. The number of hydrogen-bond donors (Lipinski definition) is 1. The fourth-order valence-corrected chi connectivity index (χ4v) is 3.75. The van der Waals surface area contributed by atoms with Crippen LogP contribution >= 0.6 is 0 Å². The summed E-state index contributed by atoms with van der Waals surface area (Å²) >= 11 is 0. The van der Waals surface area contributed by atoms with Gasteiger partial charge in [0, 0.05) is 31.9 Å². The Morgan fingerprint density at radius 1 is 1.24 bits per heavy atom. The standard InChI is InChI=1S/C22H29N3O4/c1-24(12-10-16-6-8-19(28-2)20(13-16)29-3)18-5-4-11-25(15-18)21-9-7-17(14-23-21)22(26)27/h6-9,13-14,18H,4-5,10-12,15H2,1-3H3,(H,26,27). The van der Waals surface area contributed by atoms with E-state index in [0.29, 0.717) is 6.04 Å². The fraction of sp³-hybridized carbons (Fsp3) is 0.455. The minimum Gasteiger partial charge on any atom is -0.493 e. The number of pyridine rings is 1. The Kier molecular flexibility index (Phi) is 6.93. The van der Waals surface area contributed by atoms with Gasteiger partial charge in [0.25, 0.3) is 0 Å². The zero-order chi connectivity index (χ0) is 20.8. The summed E-state index contributed by atoms with van der Waals surface area (Å²) in [6.45, 7) is 2.78. The van der Waals surface area contributed by atoms with Gasteiger partial charge < -0.3 is 24.4 Å². The van der Waals surface area contributed by atoms with E-state index >= 15 is 0 Å². The largest absolute Gasteiger partial charge is 0.493 e. The highest BCUT2D eigenvalue weighted by Crippen LogP contribution is 2.28. The van der Waals surface area contributed by atoms with Crippen LogP contribution in [0.2, 0.25) is 0 Å². The number of likely N-dealkylation sites (N-methyl/N-ethyl adjacent to an activating group) is 1. The Labute approximate surface area is 171 Å². The van der Waals surface area contributed by atoms with Gasteiger partial charge in [0.15, 0.2) is 11.5 Å². The second-order valence-corrected chi connectivity index (χ2v) is 7.37. The average molecular weight is 399 g/mol. The molecule has 7 nitrogen and oxygen atoms in total. The summed E-state index contributed by atoms with van der Waals surface area (Å²) in [6, 6.07) is 9.92. The van der Waals surface area contributed by atoms with Crippen molar-refractivity contribution in [2.45, 2.75) is 25.3 Å². The Morgan fingerprint density at radius 3 is 2.69 bits per heavy atom. The van der Waals surface area contributed by atoms with Crippen molar-refractivity contribution in [3.8, 4) is 11.5 Å². The molecule has 1 aliphatic heterocycles. The highest BCUT2D eigenvalue weighted by Gasteiger charge is 2.24. The van der Waals surface area contributed by atoms with Crippen molar-refractivity contribution in [2.24, 2.45) is 0 Å². The van der Waals surface area contributed by atoms with Crippen LogP contribution in [0, 0.1) is 0 Å². The molecule has 1 aliphatic rings. The van der Waals surface area contributed by atoms with Crippen molar-refractivity contribution in [3.63, 3.8) is 0 Å². The lowest BCUT2D eigenvalue weighted by atomic mass is 10.0. The van der Waals surface area contributed by atoms with Gasteiger partial charge in [-0.25, -0.2) is 9.78 Å². The number of anilines is 1. The third-order valence-corrected chi connectivity index (χ3v) is 5.54. The summed E-state index contributed by atoms with van der Waals surface area (Å²) in [4.78, 5) is 20.0. The predicted molar refractivity (Wildman–Crippen MR) is 112 cm³/mol. The van der Waals surface area contributed by atoms with Crippen LogP contribution in [0.3, 0.4) is 0 Å². The molecule has 29 heavy (non-hydrogen) atoms. The molecular weight excluding hydrogens is 370 g/mol. The van der Waals surface area contributed by atoms with Crippen LogP contribution in [0.1, 0.15) is 28.8 Å². The monoisotopic (exact) mass is 399 g/mol. The first-order chi connectivity index (χ1) is 14.0. The molecule has 0 amide bonds. The summed E-state index contributed by atoms with van der Waals surface area (Å²) in [5.74, 6) is 1.39. The lowest BCUT2D eigenvalue weighted by molar-refractivity contribution is 0.0696. The Hall–Kier alpha value is -2.80. The summed E-state index contributed by atoms with van der Waals surface area (Å²) in [7, 11) is 5.46. The summed E-state index contributed by atoms with van der Waals surface area (Å²) in [6.07, 6.45) is 4.60. The minimum atomic E-state index is -0.949. The molecule has 7 heteroatoms. The predicted octanol–water partition coefficient (Wildman–Crippen LogP) is 2.94. The Bertz CT molecular complexity index is 825. The van der Waals surface area contributed by atoms with E-state index in [1.54, 1.807) is 26.4 Å². The van der Waals surface area contributed by atoms with Gasteiger partial charge in [-0.1, -0.05) is 6.07 Å². The van der Waals surface area contributed by atoms with E-state index in [0.717, 1.165) is 56.2 Å². The number of rotatable bonds is 8. The number of aromatic carboxylic acids is 1. The maximum absolute atomic E-state index is 11.0. The van der Waals surface area contributed by atoms with Crippen molar-refractivity contribution in [2.75, 3.05) is 45.8 Å². The van der Waals surface area contributed by atoms with Gasteiger partial charge in [-0.2, -0.15) is 0 Å². The number of carboxylic acid groups (broad SMARTS) is 1. The average Bonchev–Trinajstić information content (AvgIpc) is 2.77. The molecule has 0 radical (unpaired) electrons. The van der Waals surface area contributed by atoms with Crippen molar-refractivity contribution in [1.82, 2.24) is 9.88 Å². The van der Waals surface area contributed by atoms with E-state index in [1.165, 1.54) is 11.8 Å². The molecule has 3 rings (SSSR count). The molecule has 1 fully saturated rings. The molecule has 0 spiro atoms. The topological polar surface area (TPSA) is 75.1 Å². The molecule has 1 N–H and O–H groups in total. The number of carboxylic acids is 1. The first kappa shape index (κ1) is 20.9. The normalized spacial score (nSPS) is 16.7. The SMILES string of the molecule is COc1ccc(CCN(C)C2CCCN(c3ccc(C(=O)O)cn3)C2)cc1OC. The van der Waals surface area contributed by atoms with Gasteiger partial charge in [0.2, 0.25) is 0 Å². The van der Waals surface area contributed by atoms with Crippen LogP contribution in [0.25, 0.3) is 0 Å². The van der Waals surface area contributed by atoms with Crippen LogP contribution in [0.15, 0.2) is 36.5 Å². The molecule has 1 unspecified atom stereocenters. The summed E-state index contributed by atoms with van der Waals surface area (Å²) in [5.41, 5.74) is 1.43. The number of carbonyl (C=O) groups is 1. The van der Waals surface area contributed by atoms with Crippen LogP contribution in [0.4, 0.5) is 5.82 Å². The molecule has 156 valence electrons. The van der Waals surface area contributed by atoms with Gasteiger partial charge in [-0.3, -0.25) is 0 Å². The van der Waals surface area contributed by atoms with Crippen molar-refractivity contribution in [1.29, 1.82) is 0 Å². The molecular formula is C22H29N3O4. The van der Waals surface area contributed by atoms with E-state index < -0.39 is 5.97 Å². The third kappa shape index (κ3) is 5.17. The fourth-order valence-electron chi connectivity index (χ4n) is 3.75. The number of piperidine rings is 1. The van der Waals surface area contributed by atoms with E-state index in [9.17, 15) is 4.79 Å². The molecule has 1 aromatic heterocycles. The Balaban J connectivity index is 1.58. The zero-order valence-corrected chi connectivity index (χ0v) is 17.3. The lowest BCUT2D eigenvalue weighted by Gasteiger charge is -2.38. The van der Waals surface area contributed by atoms with Gasteiger partial charge in [0.05, 0.1) is 19.8 Å². The molecule has 0 bridgehead atoms. The number of hydrogen-bond acceptors (Lipinski definition) is 6. The smallest absolute Gasteiger partial charge is 0.337 e. The minimum absolute atomic E-state index is 0.217. The van der Waals surface area contributed by atoms with Gasteiger partial charge >= 0.3 is 5.97 Å². The third-order valence-electron chi connectivity index (χ3n) is 5.54. The molecule has 1 aromatic carbocycles. The van der Waals surface area contributed by atoms with Crippen molar-refractivity contribution >= 4 is 11.8 Å². The first-order valence-electron chi connectivity index (χ1n) is 9.87. The van der Waals surface area contributed by atoms with Gasteiger partial charge in [-0.15, -0.1) is 0 Å². The van der Waals surface area contributed by atoms with Crippen LogP contribution in [-0.2, 0) is 6.42 Å². The molecule has 2 aromatic rings. The second kappa shape index (κ2) is 9.60. The van der Waals surface area contributed by atoms with E-state index in [1.807, 2.05) is 12.1 Å². The highest BCUT2D eigenvalue weighted by molar-refractivity contribution is 5.87. The number of aromatic nitrogens is 1. The maximum atomic E-state index is 11.0. The quantitative estimate of drug-likeness (QED) is 0.731.